The molecule has 508 valence electrons. The van der Waals surface area contributed by atoms with Crippen LogP contribution < -0.4 is 5.32 Å². The first-order chi connectivity index (χ1) is 42.3. The van der Waals surface area contributed by atoms with E-state index in [2.05, 4.69) is 43.5 Å². The summed E-state index contributed by atoms with van der Waals surface area (Å²) >= 11 is 0. The molecule has 86 heavy (non-hydrogen) atoms. The maximum atomic E-state index is 13.1. The Bertz CT molecular complexity index is 1450. The van der Waals surface area contributed by atoms with Gasteiger partial charge in [-0.3, -0.25) is 4.79 Å². The molecule has 0 spiro atoms. The molecule has 0 radical (unpaired) electrons. The van der Waals surface area contributed by atoms with Gasteiger partial charge in [0.25, 0.3) is 0 Å². The summed E-state index contributed by atoms with van der Waals surface area (Å²) in [6.07, 6.45) is 82.9. The van der Waals surface area contributed by atoms with Crippen LogP contribution in [0.5, 0.6) is 0 Å². The molecule has 1 amide bonds. The molecule has 0 aromatic rings. The molecule has 1 fully saturated rings. The van der Waals surface area contributed by atoms with Crippen molar-refractivity contribution < 1.29 is 39.8 Å². The van der Waals surface area contributed by atoms with Crippen molar-refractivity contribution >= 4 is 5.91 Å². The fourth-order valence-electron chi connectivity index (χ4n) is 12.5. The molecule has 1 saturated heterocycles. The van der Waals surface area contributed by atoms with E-state index in [1.54, 1.807) is 6.08 Å². The average Bonchev–Trinajstić information content (AvgIpc) is 2.44. The van der Waals surface area contributed by atoms with Crippen molar-refractivity contribution in [1.29, 1.82) is 0 Å². The van der Waals surface area contributed by atoms with E-state index in [1.807, 2.05) is 6.08 Å². The van der Waals surface area contributed by atoms with Gasteiger partial charge in [0.15, 0.2) is 6.29 Å². The summed E-state index contributed by atoms with van der Waals surface area (Å²) in [7, 11) is 0. The number of hydrogen-bond donors (Lipinski definition) is 6. The molecule has 0 saturated carbocycles. The fourth-order valence-corrected chi connectivity index (χ4v) is 12.5. The number of nitrogens with one attached hydrogen (secondary N) is 1. The first kappa shape index (κ1) is 82.4. The van der Waals surface area contributed by atoms with Gasteiger partial charge >= 0.3 is 0 Å². The van der Waals surface area contributed by atoms with E-state index in [0.29, 0.717) is 6.42 Å². The van der Waals surface area contributed by atoms with Gasteiger partial charge in [0, 0.05) is 6.42 Å². The van der Waals surface area contributed by atoms with Crippen molar-refractivity contribution in [2.45, 2.75) is 436 Å². The summed E-state index contributed by atoms with van der Waals surface area (Å²) in [6.45, 7) is 3.82. The molecule has 9 nitrogen and oxygen atoms in total. The van der Waals surface area contributed by atoms with Crippen molar-refractivity contribution in [3.63, 3.8) is 0 Å². The lowest BCUT2D eigenvalue weighted by Crippen LogP contribution is -2.60. The molecule has 0 bridgehead atoms. The highest BCUT2D eigenvalue weighted by Gasteiger charge is 2.44. The van der Waals surface area contributed by atoms with Gasteiger partial charge in [0.05, 0.1) is 25.4 Å². The van der Waals surface area contributed by atoms with Gasteiger partial charge in [-0.05, 0) is 57.8 Å². The number of rotatable bonds is 68. The van der Waals surface area contributed by atoms with E-state index in [9.17, 15) is 30.3 Å². The third kappa shape index (κ3) is 54.2. The molecule has 1 aliphatic heterocycles. The fraction of sp³-hybridized carbons (Fsp3) is 0.909. The molecule has 1 heterocycles. The van der Waals surface area contributed by atoms with Gasteiger partial charge in [0.1, 0.15) is 24.4 Å². The summed E-state index contributed by atoms with van der Waals surface area (Å²) in [5.41, 5.74) is 0. The third-order valence-electron chi connectivity index (χ3n) is 18.4. The summed E-state index contributed by atoms with van der Waals surface area (Å²) in [5.74, 6) is -0.178. The number of carbonyl (C=O) groups is 1. The second kappa shape index (κ2) is 66.3. The maximum absolute atomic E-state index is 13.1. The predicted octanol–water partition coefficient (Wildman–Crippen LogP) is 21.4. The molecule has 9 heteroatoms. The Morgan fingerprint density at radius 2 is 0.663 bits per heavy atom. The van der Waals surface area contributed by atoms with Gasteiger partial charge < -0.3 is 40.3 Å². The van der Waals surface area contributed by atoms with E-state index in [1.165, 1.54) is 334 Å². The number of amides is 1. The highest BCUT2D eigenvalue weighted by molar-refractivity contribution is 5.76. The molecule has 0 aromatic carbocycles. The Kier molecular flexibility index (Phi) is 63.6. The van der Waals surface area contributed by atoms with Crippen molar-refractivity contribution in [3.8, 4) is 0 Å². The Morgan fingerprint density at radius 1 is 0.384 bits per heavy atom. The van der Waals surface area contributed by atoms with Crippen molar-refractivity contribution in [3.05, 3.63) is 36.5 Å². The SMILES string of the molecule is CCCCCCCCCC/C=C\CCCCCCCCCCCCCCCCCCCCCCCCCCCC(=O)NC(COC1OC(CO)C(O)C(O)C1O)C(O)/C=C/CC/C=C/CCCCCCCCCCCCCCCCCCCCCC. The zero-order valence-electron chi connectivity index (χ0n) is 57.1. The van der Waals surface area contributed by atoms with Crippen LogP contribution in [0, 0.1) is 0 Å². The number of aliphatic hydroxyl groups excluding tert-OH is 5. The predicted molar refractivity (Wildman–Crippen MR) is 369 cm³/mol. The normalized spacial score (nSPS) is 18.2. The number of unbranched alkanes of at least 4 members (excludes halogenated alkanes) is 54. The highest BCUT2D eigenvalue weighted by Crippen LogP contribution is 2.24. The monoisotopic (exact) mass is 1210 g/mol. The molecule has 0 aromatic heterocycles. The Morgan fingerprint density at radius 3 is 0.977 bits per heavy atom. The van der Waals surface area contributed by atoms with Crippen molar-refractivity contribution in [2.24, 2.45) is 0 Å². The van der Waals surface area contributed by atoms with E-state index >= 15 is 0 Å². The number of aliphatic hydroxyl groups is 5. The van der Waals surface area contributed by atoms with Gasteiger partial charge in [-0.25, -0.2) is 0 Å². The molecule has 7 unspecified atom stereocenters. The number of ether oxygens (including phenoxy) is 2. The number of carbonyl (C=O) groups excluding carboxylic acids is 1. The quantitative estimate of drug-likeness (QED) is 0.0261. The lowest BCUT2D eigenvalue weighted by Gasteiger charge is -2.40. The second-order valence-corrected chi connectivity index (χ2v) is 26.8. The maximum Gasteiger partial charge on any atom is 0.220 e. The third-order valence-corrected chi connectivity index (χ3v) is 18.4. The Labute approximate surface area is 533 Å². The standard InChI is InChI=1S/C77H147NO8/c1-3-5-7-9-11-13-15-17-19-21-23-25-27-29-31-32-33-34-35-36-37-38-39-40-41-43-45-47-49-51-53-55-57-59-61-63-65-67-73(81)78-70(69-85-77-76(84)75(83)74(82)72(68-79)86-77)71(80)66-64-62-60-58-56-54-52-50-48-46-44-42-30-28-26-24-22-20-18-16-14-12-10-8-6-4-2/h21,23,56,58,64,66,70-72,74-77,79-80,82-84H,3-20,22,24-55,57,59-63,65,67-69H2,1-2H3,(H,78,81)/b23-21-,58-56+,66-64+. The van der Waals surface area contributed by atoms with E-state index < -0.39 is 49.5 Å². The first-order valence-corrected chi connectivity index (χ1v) is 38.2. The molecular formula is C77H147NO8. The van der Waals surface area contributed by atoms with E-state index in [0.717, 1.165) is 38.5 Å². The first-order valence-electron chi connectivity index (χ1n) is 38.2. The molecule has 0 aliphatic carbocycles. The molecule has 1 aliphatic rings. The zero-order valence-corrected chi connectivity index (χ0v) is 57.1. The van der Waals surface area contributed by atoms with Crippen LogP contribution in [0.3, 0.4) is 0 Å². The molecular weight excluding hydrogens is 1070 g/mol. The van der Waals surface area contributed by atoms with Crippen LogP contribution in [0.2, 0.25) is 0 Å². The van der Waals surface area contributed by atoms with Crippen LogP contribution in [-0.4, -0.2) is 87.5 Å². The Hall–Kier alpha value is -1.59. The van der Waals surface area contributed by atoms with Gasteiger partial charge in [-0.1, -0.05) is 365 Å². The topological polar surface area (TPSA) is 149 Å². The lowest BCUT2D eigenvalue weighted by molar-refractivity contribution is -0.302. The number of allylic oxidation sites excluding steroid dienone is 5. The van der Waals surface area contributed by atoms with Crippen LogP contribution in [-0.2, 0) is 14.3 Å². The van der Waals surface area contributed by atoms with Crippen LogP contribution in [0.4, 0.5) is 0 Å². The molecule has 7 atom stereocenters. The largest absolute Gasteiger partial charge is 0.394 e. The van der Waals surface area contributed by atoms with Gasteiger partial charge in [-0.15, -0.1) is 0 Å². The van der Waals surface area contributed by atoms with Crippen LogP contribution >= 0.6 is 0 Å². The minimum atomic E-state index is -1.57. The van der Waals surface area contributed by atoms with Crippen molar-refractivity contribution in [1.82, 2.24) is 5.32 Å². The van der Waals surface area contributed by atoms with E-state index in [4.69, 9.17) is 9.47 Å². The van der Waals surface area contributed by atoms with Crippen molar-refractivity contribution in [2.75, 3.05) is 13.2 Å². The molecule has 6 N–H and O–H groups in total. The smallest absolute Gasteiger partial charge is 0.220 e. The summed E-state index contributed by atoms with van der Waals surface area (Å²) < 4.78 is 11.3. The lowest BCUT2D eigenvalue weighted by atomic mass is 9.99. The zero-order chi connectivity index (χ0) is 62.1. The average molecular weight is 1220 g/mol. The summed E-state index contributed by atoms with van der Waals surface area (Å²) in [6, 6.07) is -0.822. The molecule has 1 rings (SSSR count). The minimum absolute atomic E-state index is 0.178. The number of hydrogen-bond acceptors (Lipinski definition) is 8. The summed E-state index contributed by atoms with van der Waals surface area (Å²) in [5, 5.41) is 54.8. The summed E-state index contributed by atoms with van der Waals surface area (Å²) in [4.78, 5) is 13.1. The Balaban J connectivity index is 2.08. The minimum Gasteiger partial charge on any atom is -0.394 e. The second-order valence-electron chi connectivity index (χ2n) is 26.8. The van der Waals surface area contributed by atoms with E-state index in [-0.39, 0.29) is 12.5 Å². The van der Waals surface area contributed by atoms with Crippen LogP contribution in [0.25, 0.3) is 0 Å². The van der Waals surface area contributed by atoms with Gasteiger partial charge in [0.2, 0.25) is 5.91 Å². The van der Waals surface area contributed by atoms with Crippen LogP contribution in [0.1, 0.15) is 393 Å². The van der Waals surface area contributed by atoms with Gasteiger partial charge in [-0.2, -0.15) is 0 Å². The van der Waals surface area contributed by atoms with Crippen LogP contribution in [0.15, 0.2) is 36.5 Å². The highest BCUT2D eigenvalue weighted by atomic mass is 16.7.